The molecule has 3 aromatic carbocycles. The van der Waals surface area contributed by atoms with E-state index in [1.54, 1.807) is 31.2 Å². The van der Waals surface area contributed by atoms with Crippen molar-refractivity contribution >= 4 is 61.5 Å². The minimum Gasteiger partial charge on any atom is -0.462 e. The molecule has 0 aliphatic rings. The highest BCUT2D eigenvalue weighted by Crippen LogP contribution is 2.36. The molecule has 1 heterocycles. The van der Waals surface area contributed by atoms with Crippen molar-refractivity contribution in [1.82, 2.24) is 0 Å². The zero-order chi connectivity index (χ0) is 30.4. The van der Waals surface area contributed by atoms with Crippen LogP contribution in [0.25, 0.3) is 10.4 Å². The van der Waals surface area contributed by atoms with Crippen molar-refractivity contribution < 1.29 is 32.3 Å². The second-order valence-electron chi connectivity index (χ2n) is 9.09. The lowest BCUT2D eigenvalue weighted by Crippen LogP contribution is -2.30. The molecule has 42 heavy (non-hydrogen) atoms. The van der Waals surface area contributed by atoms with Crippen LogP contribution in [0.3, 0.4) is 0 Å². The summed E-state index contributed by atoms with van der Waals surface area (Å²) < 4.78 is 38.9. The molecular formula is C30H27ClN2O7S2. The van der Waals surface area contributed by atoms with Crippen LogP contribution in [0.15, 0.2) is 83.8 Å². The van der Waals surface area contributed by atoms with Crippen molar-refractivity contribution in [3.05, 3.63) is 101 Å². The number of nitrogens with one attached hydrogen (secondary N) is 2. The van der Waals surface area contributed by atoms with E-state index in [4.69, 9.17) is 21.1 Å². The Morgan fingerprint density at radius 2 is 1.67 bits per heavy atom. The molecule has 0 spiro atoms. The first-order valence-corrected chi connectivity index (χ1v) is 15.4. The summed E-state index contributed by atoms with van der Waals surface area (Å²) in [5.74, 6) is -2.33. The maximum atomic E-state index is 13.0. The molecule has 0 saturated heterocycles. The van der Waals surface area contributed by atoms with Gasteiger partial charge in [0.05, 0.1) is 27.7 Å². The Morgan fingerprint density at radius 1 is 0.929 bits per heavy atom. The molecule has 1 amide bonds. The van der Waals surface area contributed by atoms with Gasteiger partial charge in [0.15, 0.2) is 6.10 Å². The standard InChI is InChI=1S/C30H27ClN2O7S2/c1-4-39-29(35)24-17-26(20-10-6-5-7-11-20)41-28(24)32-27(34)19(3)40-30(36)23-16-22(13-14-25(23)31)42(37,38)33-21-12-8-9-18(2)15-21/h5-17,19,33H,4H2,1-3H3,(H,32,34). The van der Waals surface area contributed by atoms with Gasteiger partial charge in [0.25, 0.3) is 15.9 Å². The van der Waals surface area contributed by atoms with Gasteiger partial charge in [0, 0.05) is 10.6 Å². The Morgan fingerprint density at radius 3 is 2.36 bits per heavy atom. The van der Waals surface area contributed by atoms with Gasteiger partial charge in [-0.3, -0.25) is 9.52 Å². The Bertz CT molecular complexity index is 1740. The van der Waals surface area contributed by atoms with E-state index in [9.17, 15) is 22.8 Å². The van der Waals surface area contributed by atoms with Crippen molar-refractivity contribution in [2.24, 2.45) is 0 Å². The first-order valence-electron chi connectivity index (χ1n) is 12.8. The van der Waals surface area contributed by atoms with Gasteiger partial charge in [0.1, 0.15) is 5.00 Å². The number of rotatable bonds is 10. The number of halogens is 1. The van der Waals surface area contributed by atoms with E-state index in [-0.39, 0.29) is 32.7 Å². The van der Waals surface area contributed by atoms with Gasteiger partial charge in [0.2, 0.25) is 0 Å². The second-order valence-corrected chi connectivity index (χ2v) is 12.2. The number of ether oxygens (including phenoxy) is 2. The Hall–Kier alpha value is -4.19. The molecule has 0 bridgehead atoms. The summed E-state index contributed by atoms with van der Waals surface area (Å²) in [7, 11) is -4.06. The van der Waals surface area contributed by atoms with E-state index < -0.39 is 34.0 Å². The van der Waals surface area contributed by atoms with Gasteiger partial charge >= 0.3 is 11.9 Å². The Balaban J connectivity index is 1.51. The van der Waals surface area contributed by atoms with E-state index in [0.717, 1.165) is 22.1 Å². The summed E-state index contributed by atoms with van der Waals surface area (Å²) in [4.78, 5) is 39.1. The zero-order valence-electron chi connectivity index (χ0n) is 22.8. The van der Waals surface area contributed by atoms with Crippen molar-refractivity contribution in [3.63, 3.8) is 0 Å². The normalized spacial score (nSPS) is 11.8. The van der Waals surface area contributed by atoms with Crippen LogP contribution in [0.2, 0.25) is 5.02 Å². The third-order valence-electron chi connectivity index (χ3n) is 5.91. The summed E-state index contributed by atoms with van der Waals surface area (Å²) in [5, 5.41) is 2.81. The molecule has 0 fully saturated rings. The molecule has 0 aliphatic carbocycles. The topological polar surface area (TPSA) is 128 Å². The highest BCUT2D eigenvalue weighted by Gasteiger charge is 2.26. The number of thiophene rings is 1. The van der Waals surface area contributed by atoms with Crippen LogP contribution in [0.1, 0.15) is 40.1 Å². The van der Waals surface area contributed by atoms with Gasteiger partial charge in [-0.1, -0.05) is 54.1 Å². The number of carbonyl (C=O) groups excluding carboxylic acids is 3. The maximum absolute atomic E-state index is 13.0. The number of hydrogen-bond acceptors (Lipinski definition) is 8. The SMILES string of the molecule is CCOC(=O)c1cc(-c2ccccc2)sc1NC(=O)C(C)OC(=O)c1cc(S(=O)(=O)Nc2cccc(C)c2)ccc1Cl. The van der Waals surface area contributed by atoms with E-state index in [1.165, 1.54) is 30.4 Å². The van der Waals surface area contributed by atoms with Crippen LogP contribution < -0.4 is 10.0 Å². The summed E-state index contributed by atoms with van der Waals surface area (Å²) in [6.45, 7) is 4.99. The third-order valence-corrected chi connectivity index (χ3v) is 8.72. The summed E-state index contributed by atoms with van der Waals surface area (Å²) in [5.41, 5.74) is 1.98. The van der Waals surface area contributed by atoms with Crippen LogP contribution in [-0.2, 0) is 24.3 Å². The molecule has 1 aromatic heterocycles. The predicted octanol–water partition coefficient (Wildman–Crippen LogP) is 6.54. The van der Waals surface area contributed by atoms with Gasteiger partial charge in [-0.25, -0.2) is 18.0 Å². The molecule has 12 heteroatoms. The first-order chi connectivity index (χ1) is 20.0. The highest BCUT2D eigenvalue weighted by molar-refractivity contribution is 7.92. The maximum Gasteiger partial charge on any atom is 0.341 e. The number of hydrogen-bond donors (Lipinski definition) is 2. The van der Waals surface area contributed by atoms with E-state index in [2.05, 4.69) is 10.0 Å². The monoisotopic (exact) mass is 626 g/mol. The van der Waals surface area contributed by atoms with Gasteiger partial charge < -0.3 is 14.8 Å². The number of anilines is 2. The van der Waals surface area contributed by atoms with Gasteiger partial charge in [-0.2, -0.15) is 0 Å². The summed E-state index contributed by atoms with van der Waals surface area (Å²) >= 11 is 7.36. The van der Waals surface area contributed by atoms with Crippen LogP contribution in [0.4, 0.5) is 10.7 Å². The average molecular weight is 627 g/mol. The van der Waals surface area contributed by atoms with Gasteiger partial charge in [-0.15, -0.1) is 11.3 Å². The number of aryl methyl sites for hydroxylation is 1. The second kappa shape index (κ2) is 13.2. The fourth-order valence-electron chi connectivity index (χ4n) is 3.83. The van der Waals surface area contributed by atoms with Crippen LogP contribution in [0, 0.1) is 6.92 Å². The quantitative estimate of drug-likeness (QED) is 0.191. The predicted molar refractivity (Wildman–Crippen MR) is 163 cm³/mol. The molecule has 0 saturated carbocycles. The summed E-state index contributed by atoms with van der Waals surface area (Å²) in [6, 6.07) is 21.3. The van der Waals surface area contributed by atoms with E-state index >= 15 is 0 Å². The van der Waals surface area contributed by atoms with Crippen LogP contribution >= 0.6 is 22.9 Å². The third kappa shape index (κ3) is 7.35. The molecule has 0 aliphatic heterocycles. The molecule has 0 radical (unpaired) electrons. The first kappa shape index (κ1) is 30.8. The molecule has 1 unspecified atom stereocenters. The van der Waals surface area contributed by atoms with Gasteiger partial charge in [-0.05, 0) is 68.3 Å². The minimum absolute atomic E-state index is 0.0579. The lowest BCUT2D eigenvalue weighted by atomic mass is 10.1. The van der Waals surface area contributed by atoms with E-state index in [0.29, 0.717) is 5.69 Å². The highest BCUT2D eigenvalue weighted by atomic mass is 35.5. The molecule has 9 nitrogen and oxygen atoms in total. The number of carbonyl (C=O) groups is 3. The number of amides is 1. The van der Waals surface area contributed by atoms with Crippen molar-refractivity contribution in [2.75, 3.05) is 16.6 Å². The molecule has 218 valence electrons. The number of esters is 2. The Kier molecular flexibility index (Phi) is 9.66. The molecule has 2 N–H and O–H groups in total. The number of sulfonamides is 1. The van der Waals surface area contributed by atoms with Crippen molar-refractivity contribution in [3.8, 4) is 10.4 Å². The van der Waals surface area contributed by atoms with Crippen LogP contribution in [0.5, 0.6) is 0 Å². The smallest absolute Gasteiger partial charge is 0.341 e. The van der Waals surface area contributed by atoms with E-state index in [1.807, 2.05) is 43.3 Å². The van der Waals surface area contributed by atoms with Crippen LogP contribution in [-0.4, -0.2) is 39.0 Å². The fourth-order valence-corrected chi connectivity index (χ4v) is 6.16. The zero-order valence-corrected chi connectivity index (χ0v) is 25.2. The molecule has 4 aromatic rings. The summed E-state index contributed by atoms with van der Waals surface area (Å²) in [6.07, 6.45) is -1.32. The molecule has 1 atom stereocenters. The fraction of sp³-hybridized carbons (Fsp3) is 0.167. The Labute approximate surface area is 252 Å². The number of benzene rings is 3. The van der Waals surface area contributed by atoms with Crippen molar-refractivity contribution in [1.29, 1.82) is 0 Å². The average Bonchev–Trinajstić information content (AvgIpc) is 3.37. The van der Waals surface area contributed by atoms with Crippen molar-refractivity contribution in [2.45, 2.75) is 31.8 Å². The largest absolute Gasteiger partial charge is 0.462 e. The minimum atomic E-state index is -4.06. The molecule has 4 rings (SSSR count). The lowest BCUT2D eigenvalue weighted by Gasteiger charge is -2.15. The lowest BCUT2D eigenvalue weighted by molar-refractivity contribution is -0.123. The molecular weight excluding hydrogens is 600 g/mol.